The first-order valence-corrected chi connectivity index (χ1v) is 7.07. The van der Waals surface area contributed by atoms with Crippen LogP contribution in [0.2, 0.25) is 0 Å². The van der Waals surface area contributed by atoms with E-state index in [0.717, 1.165) is 12.2 Å². The molecular weight excluding hydrogens is 220 g/mol. The van der Waals surface area contributed by atoms with Crippen molar-refractivity contribution in [2.75, 3.05) is 6.61 Å². The summed E-state index contributed by atoms with van der Waals surface area (Å²) >= 11 is 0. The molecule has 3 unspecified atom stereocenters. The minimum Gasteiger partial charge on any atom is -0.374 e. The highest BCUT2D eigenvalue weighted by molar-refractivity contribution is 5.38. The van der Waals surface area contributed by atoms with E-state index in [0.29, 0.717) is 11.8 Å². The van der Waals surface area contributed by atoms with Crippen LogP contribution in [0.3, 0.4) is 0 Å². The number of rotatable bonds is 2. The van der Waals surface area contributed by atoms with E-state index in [2.05, 4.69) is 30.9 Å². The molecule has 18 heavy (non-hydrogen) atoms. The van der Waals surface area contributed by atoms with Gasteiger partial charge in [0.2, 0.25) is 0 Å². The van der Waals surface area contributed by atoms with Crippen LogP contribution in [0.25, 0.3) is 0 Å². The Bertz CT molecular complexity index is 463. The lowest BCUT2D eigenvalue weighted by molar-refractivity contribution is 0.00657. The third kappa shape index (κ3) is 1.95. The molecule has 0 spiro atoms. The average molecular weight is 240 g/mol. The Balaban J connectivity index is 1.76. The second-order valence-electron chi connectivity index (χ2n) is 5.35. The van der Waals surface area contributed by atoms with Gasteiger partial charge in [0.25, 0.3) is 0 Å². The first-order chi connectivity index (χ1) is 8.87. The molecule has 0 amide bonds. The Labute approximate surface area is 110 Å². The Kier molecular flexibility index (Phi) is 3.14. The van der Waals surface area contributed by atoms with Crippen molar-refractivity contribution in [1.82, 2.24) is 0 Å². The zero-order valence-electron chi connectivity index (χ0n) is 11.0. The highest BCUT2D eigenvalue weighted by atomic mass is 16.5. The Morgan fingerprint density at radius 3 is 2.89 bits per heavy atom. The number of hydrogen-bond donors (Lipinski definition) is 0. The molecule has 2 fully saturated rings. The van der Waals surface area contributed by atoms with Gasteiger partial charge >= 0.3 is 0 Å². The molecule has 0 radical (unpaired) electrons. The van der Waals surface area contributed by atoms with Gasteiger partial charge in [0.15, 0.2) is 0 Å². The maximum absolute atomic E-state index is 6.04. The predicted molar refractivity (Wildman–Crippen MR) is 73.1 cm³/mol. The van der Waals surface area contributed by atoms with E-state index in [4.69, 9.17) is 4.74 Å². The molecule has 0 N–H and O–H groups in total. The molecule has 1 aromatic carbocycles. The summed E-state index contributed by atoms with van der Waals surface area (Å²) in [5, 5.41) is 0. The van der Waals surface area contributed by atoms with Crippen molar-refractivity contribution in [2.45, 2.75) is 38.2 Å². The topological polar surface area (TPSA) is 9.23 Å². The smallest absolute Gasteiger partial charge is 0.0863 e. The maximum atomic E-state index is 6.04. The van der Waals surface area contributed by atoms with E-state index in [1.807, 2.05) is 18.2 Å². The van der Waals surface area contributed by atoms with Crippen LogP contribution >= 0.6 is 0 Å². The summed E-state index contributed by atoms with van der Waals surface area (Å²) in [5.74, 6) is 7.95. The lowest BCUT2D eigenvalue weighted by Gasteiger charge is -2.21. The van der Waals surface area contributed by atoms with Crippen LogP contribution in [-0.4, -0.2) is 12.2 Å². The van der Waals surface area contributed by atoms with Gasteiger partial charge in [-0.3, -0.25) is 0 Å². The van der Waals surface area contributed by atoms with Crippen molar-refractivity contribution in [3.8, 4) is 11.8 Å². The summed E-state index contributed by atoms with van der Waals surface area (Å²) in [7, 11) is 0. The SMILES string of the molecule is CCOC12CCCCC1C2C#Cc1ccccc1. The normalized spacial score (nSPS) is 33.2. The molecule has 3 atom stereocenters. The molecule has 1 aromatic rings. The van der Waals surface area contributed by atoms with Gasteiger partial charge < -0.3 is 4.74 Å². The Hall–Kier alpha value is -1.26. The van der Waals surface area contributed by atoms with Crippen molar-refractivity contribution in [1.29, 1.82) is 0 Å². The first-order valence-electron chi connectivity index (χ1n) is 7.07. The maximum Gasteiger partial charge on any atom is 0.0863 e. The van der Waals surface area contributed by atoms with Crippen LogP contribution in [0.15, 0.2) is 30.3 Å². The second-order valence-corrected chi connectivity index (χ2v) is 5.35. The molecular formula is C17H20O. The lowest BCUT2D eigenvalue weighted by Crippen LogP contribution is -2.21. The molecule has 0 saturated heterocycles. The third-order valence-corrected chi connectivity index (χ3v) is 4.34. The number of benzene rings is 1. The van der Waals surface area contributed by atoms with Crippen LogP contribution in [-0.2, 0) is 4.74 Å². The van der Waals surface area contributed by atoms with Crippen LogP contribution in [0, 0.1) is 23.7 Å². The van der Waals surface area contributed by atoms with Crippen LogP contribution in [0.5, 0.6) is 0 Å². The van der Waals surface area contributed by atoms with Gasteiger partial charge in [-0.05, 0) is 31.9 Å². The van der Waals surface area contributed by atoms with Crippen LogP contribution < -0.4 is 0 Å². The predicted octanol–water partition coefficient (Wildman–Crippen LogP) is 3.63. The highest BCUT2D eigenvalue weighted by Crippen LogP contribution is 2.61. The van der Waals surface area contributed by atoms with Gasteiger partial charge in [-0.2, -0.15) is 0 Å². The van der Waals surface area contributed by atoms with Gasteiger partial charge in [0.05, 0.1) is 11.5 Å². The molecule has 3 rings (SSSR count). The molecule has 2 saturated carbocycles. The van der Waals surface area contributed by atoms with E-state index in [1.165, 1.54) is 25.7 Å². The average Bonchev–Trinajstić information content (AvgIpc) is 3.05. The summed E-state index contributed by atoms with van der Waals surface area (Å²) in [6, 6.07) is 10.3. The van der Waals surface area contributed by atoms with Crippen molar-refractivity contribution in [3.63, 3.8) is 0 Å². The molecule has 2 aliphatic carbocycles. The zero-order chi connectivity index (χ0) is 12.4. The van der Waals surface area contributed by atoms with E-state index in [1.54, 1.807) is 0 Å². The van der Waals surface area contributed by atoms with E-state index >= 15 is 0 Å². The fraction of sp³-hybridized carbons (Fsp3) is 0.529. The van der Waals surface area contributed by atoms with E-state index in [-0.39, 0.29) is 5.60 Å². The summed E-state index contributed by atoms with van der Waals surface area (Å²) in [5.41, 5.74) is 1.24. The quantitative estimate of drug-likeness (QED) is 0.717. The van der Waals surface area contributed by atoms with E-state index in [9.17, 15) is 0 Å². The largest absolute Gasteiger partial charge is 0.374 e. The van der Waals surface area contributed by atoms with Crippen molar-refractivity contribution >= 4 is 0 Å². The fourth-order valence-corrected chi connectivity index (χ4v) is 3.45. The molecule has 0 heterocycles. The molecule has 0 bridgehead atoms. The molecule has 1 nitrogen and oxygen atoms in total. The number of ether oxygens (including phenoxy) is 1. The van der Waals surface area contributed by atoms with Crippen LogP contribution in [0.1, 0.15) is 38.2 Å². The zero-order valence-corrected chi connectivity index (χ0v) is 11.0. The lowest BCUT2D eigenvalue weighted by atomic mass is 9.98. The van der Waals surface area contributed by atoms with Crippen molar-refractivity contribution < 1.29 is 4.74 Å². The number of fused-ring (bicyclic) bond motifs is 1. The van der Waals surface area contributed by atoms with Gasteiger partial charge in [-0.15, -0.1) is 0 Å². The highest BCUT2D eigenvalue weighted by Gasteiger charge is 2.65. The summed E-state index contributed by atoms with van der Waals surface area (Å²) < 4.78 is 6.04. The van der Waals surface area contributed by atoms with Crippen molar-refractivity contribution in [2.24, 2.45) is 11.8 Å². The fourth-order valence-electron chi connectivity index (χ4n) is 3.45. The Morgan fingerprint density at radius 1 is 1.28 bits per heavy atom. The minimum absolute atomic E-state index is 0.120. The standard InChI is InChI=1S/C17H20O/c1-2-18-17-13-7-6-10-15(17)16(17)12-11-14-8-4-3-5-9-14/h3-5,8-9,15-16H,2,6-7,10,13H2,1H3. The minimum atomic E-state index is 0.120. The van der Waals surface area contributed by atoms with Gasteiger partial charge in [-0.1, -0.05) is 42.9 Å². The van der Waals surface area contributed by atoms with Crippen molar-refractivity contribution in [3.05, 3.63) is 35.9 Å². The van der Waals surface area contributed by atoms with Gasteiger partial charge in [0, 0.05) is 18.1 Å². The summed E-state index contributed by atoms with van der Waals surface area (Å²) in [4.78, 5) is 0. The molecule has 0 aliphatic heterocycles. The molecule has 94 valence electrons. The second kappa shape index (κ2) is 4.78. The Morgan fingerprint density at radius 2 is 2.11 bits per heavy atom. The van der Waals surface area contributed by atoms with E-state index < -0.39 is 0 Å². The summed E-state index contributed by atoms with van der Waals surface area (Å²) in [6.07, 6.45) is 5.16. The molecule has 0 aromatic heterocycles. The third-order valence-electron chi connectivity index (χ3n) is 4.34. The van der Waals surface area contributed by atoms with Crippen LogP contribution in [0.4, 0.5) is 0 Å². The molecule has 2 aliphatic rings. The van der Waals surface area contributed by atoms with Gasteiger partial charge in [-0.25, -0.2) is 0 Å². The molecule has 1 heteroatoms. The summed E-state index contributed by atoms with van der Waals surface area (Å²) in [6.45, 7) is 2.92. The first kappa shape index (κ1) is 11.8. The monoisotopic (exact) mass is 240 g/mol. The van der Waals surface area contributed by atoms with Gasteiger partial charge in [0.1, 0.15) is 0 Å². The number of hydrogen-bond acceptors (Lipinski definition) is 1.